The first-order chi connectivity index (χ1) is 9.15. The Morgan fingerprint density at radius 1 is 1.21 bits per heavy atom. The number of benzene rings is 1. The number of amides is 1. The van der Waals surface area contributed by atoms with Crippen LogP contribution in [0.25, 0.3) is 0 Å². The van der Waals surface area contributed by atoms with E-state index in [0.29, 0.717) is 11.5 Å². The Hall–Kier alpha value is -1.35. The molecule has 1 unspecified atom stereocenters. The maximum atomic E-state index is 12.3. The minimum Gasteiger partial charge on any atom is -0.359 e. The lowest BCUT2D eigenvalue weighted by Gasteiger charge is -2.39. The van der Waals surface area contributed by atoms with Crippen molar-refractivity contribution < 1.29 is 9.53 Å². The number of carbonyl (C=O) groups is 1. The highest BCUT2D eigenvalue weighted by Crippen LogP contribution is 2.33. The number of hydrogen-bond acceptors (Lipinski definition) is 2. The first-order valence-corrected chi connectivity index (χ1v) is 7.08. The molecule has 1 aliphatic carbocycles. The van der Waals surface area contributed by atoms with Crippen LogP contribution in [0.2, 0.25) is 0 Å². The van der Waals surface area contributed by atoms with E-state index in [0.717, 1.165) is 12.8 Å². The minimum absolute atomic E-state index is 0.0597. The van der Waals surface area contributed by atoms with Gasteiger partial charge < -0.3 is 10.1 Å². The van der Waals surface area contributed by atoms with E-state index >= 15 is 0 Å². The Kier molecular flexibility index (Phi) is 4.59. The molecule has 3 nitrogen and oxygen atoms in total. The molecule has 0 saturated heterocycles. The fraction of sp³-hybridized carbons (Fsp3) is 0.562. The van der Waals surface area contributed by atoms with Gasteiger partial charge in [-0.25, -0.2) is 0 Å². The van der Waals surface area contributed by atoms with Crippen molar-refractivity contribution in [3.8, 4) is 0 Å². The lowest BCUT2D eigenvalue weighted by Crippen LogP contribution is -2.53. The summed E-state index contributed by atoms with van der Waals surface area (Å²) >= 11 is 0. The van der Waals surface area contributed by atoms with Crippen LogP contribution in [0.3, 0.4) is 0 Å². The number of hydrogen-bond donors (Lipinski definition) is 1. The molecule has 1 saturated carbocycles. The predicted octanol–water partition coefficient (Wildman–Crippen LogP) is 3.36. The molecular formula is C16H23NO2. The third-order valence-electron chi connectivity index (χ3n) is 4.21. The number of methoxy groups -OCH3 is 1. The predicted molar refractivity (Wildman–Crippen MR) is 75.9 cm³/mol. The number of ether oxygens (including phenoxy) is 1. The Labute approximate surface area is 115 Å². The monoisotopic (exact) mass is 261 g/mol. The summed E-state index contributed by atoms with van der Waals surface area (Å²) in [5.41, 5.74) is 0.120. The maximum absolute atomic E-state index is 12.3. The molecule has 1 aliphatic rings. The van der Waals surface area contributed by atoms with Gasteiger partial charge in [-0.1, -0.05) is 37.5 Å². The van der Waals surface area contributed by atoms with Crippen molar-refractivity contribution in [2.45, 2.75) is 44.8 Å². The van der Waals surface area contributed by atoms with E-state index in [-0.39, 0.29) is 5.91 Å². The molecule has 0 heterocycles. The average Bonchev–Trinajstić information content (AvgIpc) is 2.49. The van der Waals surface area contributed by atoms with E-state index in [1.54, 1.807) is 7.11 Å². The minimum atomic E-state index is -0.562. The Morgan fingerprint density at radius 2 is 1.84 bits per heavy atom. The van der Waals surface area contributed by atoms with Gasteiger partial charge in [0.05, 0.1) is 0 Å². The molecule has 0 aromatic heterocycles. The SMILES string of the molecule is COC(C)(NC(=O)c1ccccc1)C1CCCCC1. The van der Waals surface area contributed by atoms with Crippen molar-refractivity contribution in [3.63, 3.8) is 0 Å². The molecule has 0 bridgehead atoms. The maximum Gasteiger partial charge on any atom is 0.253 e. The molecule has 2 rings (SSSR count). The topological polar surface area (TPSA) is 38.3 Å². The van der Waals surface area contributed by atoms with E-state index in [2.05, 4.69) is 5.32 Å². The van der Waals surface area contributed by atoms with E-state index in [4.69, 9.17) is 4.74 Å². The normalized spacial score (nSPS) is 19.7. The highest BCUT2D eigenvalue weighted by Gasteiger charge is 2.36. The number of rotatable bonds is 4. The molecule has 1 atom stereocenters. The fourth-order valence-electron chi connectivity index (χ4n) is 2.86. The van der Waals surface area contributed by atoms with Gasteiger partial charge in [0.25, 0.3) is 5.91 Å². The standard InChI is InChI=1S/C16H23NO2/c1-16(19-2,14-11-7-4-8-12-14)17-15(18)13-9-5-3-6-10-13/h3,5-6,9-10,14H,4,7-8,11-12H2,1-2H3,(H,17,18). The summed E-state index contributed by atoms with van der Waals surface area (Å²) in [6.45, 7) is 1.99. The van der Waals surface area contributed by atoms with E-state index in [9.17, 15) is 4.79 Å². The van der Waals surface area contributed by atoms with Gasteiger partial charge in [0.1, 0.15) is 5.72 Å². The van der Waals surface area contributed by atoms with Crippen LogP contribution in [0.5, 0.6) is 0 Å². The van der Waals surface area contributed by atoms with Crippen molar-refractivity contribution in [2.24, 2.45) is 5.92 Å². The van der Waals surface area contributed by atoms with Gasteiger partial charge in [0.2, 0.25) is 0 Å². The summed E-state index contributed by atoms with van der Waals surface area (Å²) in [6, 6.07) is 9.31. The molecule has 0 radical (unpaired) electrons. The lowest BCUT2D eigenvalue weighted by molar-refractivity contribution is -0.0736. The molecule has 104 valence electrons. The Morgan fingerprint density at radius 3 is 2.42 bits per heavy atom. The van der Waals surface area contributed by atoms with Gasteiger partial charge in [-0.3, -0.25) is 4.79 Å². The zero-order chi connectivity index (χ0) is 13.7. The Balaban J connectivity index is 2.07. The molecular weight excluding hydrogens is 238 g/mol. The second-order valence-electron chi connectivity index (χ2n) is 5.47. The van der Waals surface area contributed by atoms with Crippen molar-refractivity contribution >= 4 is 5.91 Å². The smallest absolute Gasteiger partial charge is 0.253 e. The Bertz CT molecular complexity index is 412. The van der Waals surface area contributed by atoms with Crippen molar-refractivity contribution in [1.82, 2.24) is 5.32 Å². The van der Waals surface area contributed by atoms with E-state index in [1.165, 1.54) is 19.3 Å². The highest BCUT2D eigenvalue weighted by atomic mass is 16.5. The van der Waals surface area contributed by atoms with Gasteiger partial charge in [-0.05, 0) is 31.9 Å². The van der Waals surface area contributed by atoms with Crippen molar-refractivity contribution in [1.29, 1.82) is 0 Å². The van der Waals surface area contributed by atoms with Crippen LogP contribution >= 0.6 is 0 Å². The fourth-order valence-corrected chi connectivity index (χ4v) is 2.86. The van der Waals surface area contributed by atoms with Gasteiger partial charge >= 0.3 is 0 Å². The summed E-state index contributed by atoms with van der Waals surface area (Å²) in [4.78, 5) is 12.3. The van der Waals surface area contributed by atoms with Crippen molar-refractivity contribution in [2.75, 3.05) is 7.11 Å². The largest absolute Gasteiger partial charge is 0.359 e. The number of carbonyl (C=O) groups excluding carboxylic acids is 1. The van der Waals surface area contributed by atoms with Crippen LogP contribution < -0.4 is 5.32 Å². The second-order valence-corrected chi connectivity index (χ2v) is 5.47. The van der Waals surface area contributed by atoms with Crippen molar-refractivity contribution in [3.05, 3.63) is 35.9 Å². The summed E-state index contributed by atoms with van der Waals surface area (Å²) < 4.78 is 5.64. The van der Waals surface area contributed by atoms with Gasteiger partial charge in [0.15, 0.2) is 0 Å². The van der Waals surface area contributed by atoms with Crippen LogP contribution in [0.1, 0.15) is 49.4 Å². The highest BCUT2D eigenvalue weighted by molar-refractivity contribution is 5.94. The molecule has 1 N–H and O–H groups in total. The molecule has 1 amide bonds. The second kappa shape index (κ2) is 6.20. The molecule has 1 aromatic rings. The first-order valence-electron chi connectivity index (χ1n) is 7.08. The van der Waals surface area contributed by atoms with Crippen LogP contribution in [-0.2, 0) is 4.74 Å². The summed E-state index contributed by atoms with van der Waals surface area (Å²) in [5, 5.41) is 3.07. The third-order valence-corrected chi connectivity index (χ3v) is 4.21. The average molecular weight is 261 g/mol. The number of nitrogens with one attached hydrogen (secondary N) is 1. The van der Waals surface area contributed by atoms with Crippen LogP contribution in [-0.4, -0.2) is 18.7 Å². The first kappa shape index (κ1) is 14.1. The quantitative estimate of drug-likeness (QED) is 0.844. The molecule has 19 heavy (non-hydrogen) atoms. The van der Waals surface area contributed by atoms with E-state index in [1.807, 2.05) is 37.3 Å². The summed E-state index contributed by atoms with van der Waals surface area (Å²) in [7, 11) is 1.68. The molecule has 0 spiro atoms. The summed E-state index contributed by atoms with van der Waals surface area (Å²) in [5.74, 6) is 0.342. The summed E-state index contributed by atoms with van der Waals surface area (Å²) in [6.07, 6.45) is 6.00. The van der Waals surface area contributed by atoms with E-state index < -0.39 is 5.72 Å². The van der Waals surface area contributed by atoms with Gasteiger partial charge in [0, 0.05) is 18.6 Å². The molecule has 1 fully saturated rings. The molecule has 0 aliphatic heterocycles. The third kappa shape index (κ3) is 3.35. The zero-order valence-corrected chi connectivity index (χ0v) is 11.8. The molecule has 1 aromatic carbocycles. The van der Waals surface area contributed by atoms with Gasteiger partial charge in [-0.2, -0.15) is 0 Å². The van der Waals surface area contributed by atoms with Crippen LogP contribution in [0, 0.1) is 5.92 Å². The molecule has 3 heteroatoms. The zero-order valence-electron chi connectivity index (χ0n) is 11.8. The van der Waals surface area contributed by atoms with Gasteiger partial charge in [-0.15, -0.1) is 0 Å². The van der Waals surface area contributed by atoms with Crippen LogP contribution in [0.4, 0.5) is 0 Å². The lowest BCUT2D eigenvalue weighted by atomic mass is 9.82. The van der Waals surface area contributed by atoms with Crippen LogP contribution in [0.15, 0.2) is 30.3 Å².